The maximum atomic E-state index is 13.0. The van der Waals surface area contributed by atoms with E-state index >= 15 is 0 Å². The van der Waals surface area contributed by atoms with Gasteiger partial charge in [-0.15, -0.1) is 0 Å². The first-order valence-electron chi connectivity index (χ1n) is 13.8. The first-order valence-corrected chi connectivity index (χ1v) is 13.8. The third-order valence-corrected chi connectivity index (χ3v) is 7.53. The summed E-state index contributed by atoms with van der Waals surface area (Å²) in [6.45, 7) is 12.2. The summed E-state index contributed by atoms with van der Waals surface area (Å²) < 4.78 is 7.31. The molecule has 214 valence electrons. The first kappa shape index (κ1) is 28.2. The summed E-state index contributed by atoms with van der Waals surface area (Å²) in [4.78, 5) is 30.1. The van der Waals surface area contributed by atoms with Crippen LogP contribution in [0.5, 0.6) is 0 Å². The van der Waals surface area contributed by atoms with Crippen molar-refractivity contribution >= 4 is 17.1 Å². The molecule has 0 fully saturated rings. The average Bonchev–Trinajstić information content (AvgIpc) is 3.66. The molecule has 1 amide bonds. The van der Waals surface area contributed by atoms with Gasteiger partial charge in [0.25, 0.3) is 11.7 Å². The number of benzene rings is 1. The fourth-order valence-electron chi connectivity index (χ4n) is 5.43. The Kier molecular flexibility index (Phi) is 7.27. The van der Waals surface area contributed by atoms with Crippen LogP contribution in [0.4, 0.5) is 0 Å². The molecule has 2 N–H and O–H groups in total. The van der Waals surface area contributed by atoms with Crippen molar-refractivity contribution in [3.63, 3.8) is 0 Å². The fourth-order valence-corrected chi connectivity index (χ4v) is 5.43. The van der Waals surface area contributed by atoms with E-state index in [0.29, 0.717) is 11.5 Å². The largest absolute Gasteiger partial charge is 0.342 e. The van der Waals surface area contributed by atoms with Crippen molar-refractivity contribution in [2.24, 2.45) is 0 Å². The number of fused-ring (bicyclic) bond motifs is 2. The number of hydrogen-bond acceptors (Lipinski definition) is 7. The van der Waals surface area contributed by atoms with E-state index in [-0.39, 0.29) is 36.7 Å². The summed E-state index contributed by atoms with van der Waals surface area (Å²) in [6.07, 6.45) is 6.43. The number of hydrogen-bond donors (Lipinski definition) is 2. The van der Waals surface area contributed by atoms with Gasteiger partial charge in [-0.1, -0.05) is 51.6 Å². The average molecular weight is 555 g/mol. The number of rotatable bonds is 5. The van der Waals surface area contributed by atoms with Crippen molar-refractivity contribution in [3.8, 4) is 22.5 Å². The number of imidazole rings is 1. The van der Waals surface area contributed by atoms with Crippen LogP contribution in [0, 0.1) is 6.92 Å². The lowest BCUT2D eigenvalue weighted by Gasteiger charge is -2.26. The van der Waals surface area contributed by atoms with Crippen LogP contribution < -0.4 is 5.32 Å². The number of H-pyrrole nitrogens is 1. The summed E-state index contributed by atoms with van der Waals surface area (Å²) in [5.74, 6) is 0.951. The number of nitrogens with one attached hydrogen (secondary N) is 2. The molecule has 1 aromatic carbocycles. The third kappa shape index (κ3) is 5.14. The van der Waals surface area contributed by atoms with Crippen LogP contribution in [0.1, 0.15) is 100 Å². The van der Waals surface area contributed by atoms with Gasteiger partial charge < -0.3 is 14.8 Å². The molecular weight excluding hydrogens is 516 g/mol. The molecule has 0 spiro atoms. The van der Waals surface area contributed by atoms with Crippen molar-refractivity contribution in [1.82, 2.24) is 40.2 Å². The molecule has 0 aliphatic heterocycles. The smallest absolute Gasteiger partial charge is 0.293 e. The monoisotopic (exact) mass is 554 g/mol. The molecule has 4 heterocycles. The number of carbonyl (C=O) groups excluding carboxylic acids is 1. The Labute approximate surface area is 240 Å². The number of pyridine rings is 1. The maximum Gasteiger partial charge on any atom is 0.293 e. The quantitative estimate of drug-likeness (QED) is 0.254. The Bertz CT molecular complexity index is 1720. The molecule has 0 unspecified atom stereocenters. The van der Waals surface area contributed by atoms with Crippen LogP contribution in [0.15, 0.2) is 41.2 Å². The lowest BCUT2D eigenvalue weighted by atomic mass is 9.85. The van der Waals surface area contributed by atoms with Crippen LogP contribution in [0.2, 0.25) is 0 Å². The highest BCUT2D eigenvalue weighted by Gasteiger charge is 2.28. The molecule has 1 aliphatic rings. The maximum absolute atomic E-state index is 13.0. The van der Waals surface area contributed by atoms with E-state index in [1.807, 2.05) is 37.7 Å². The van der Waals surface area contributed by atoms with Crippen molar-refractivity contribution in [3.05, 3.63) is 65.2 Å². The molecule has 0 saturated carbocycles. The number of carbonyl (C=O) groups is 1. The van der Waals surface area contributed by atoms with E-state index in [1.54, 1.807) is 6.20 Å². The van der Waals surface area contributed by atoms with Crippen LogP contribution >= 0.6 is 0 Å². The molecule has 0 bridgehead atoms. The van der Waals surface area contributed by atoms with Crippen molar-refractivity contribution in [2.45, 2.75) is 85.7 Å². The summed E-state index contributed by atoms with van der Waals surface area (Å²) in [5, 5.41) is 11.6. The SMILES string of the molecule is C.Cc1c(-c2nc3nccc(-c4ccc5c(c4)CCC[C@H]5NC(=O)c4noc(C(C)(C)C)n4)c3[nH]2)cnn1C(C)C. The highest BCUT2D eigenvalue weighted by atomic mass is 16.5. The van der Waals surface area contributed by atoms with Gasteiger partial charge in [-0.25, -0.2) is 9.97 Å². The lowest BCUT2D eigenvalue weighted by molar-refractivity contribution is 0.0919. The molecule has 4 aromatic heterocycles. The topological polar surface area (TPSA) is 127 Å². The van der Waals surface area contributed by atoms with Crippen LogP contribution in [0.25, 0.3) is 33.7 Å². The standard InChI is InChI=1S/C30H34N8O2.CH4/c1-16(2)38-17(3)22(15-32-38)25-34-24-21(12-13-31-26(24)35-25)19-10-11-20-18(14-19)8-7-9-23(20)33-28(39)27-36-29(40-37-27)30(4,5)6;/h10-16,23H,7-9H2,1-6H3,(H,33,39)(H,31,34,35);1H4/t23-;/m1./s1. The zero-order chi connectivity index (χ0) is 28.2. The molecule has 0 radical (unpaired) electrons. The lowest BCUT2D eigenvalue weighted by Crippen LogP contribution is -2.31. The number of nitrogens with zero attached hydrogens (tertiary/aromatic N) is 6. The fraction of sp³-hybridized carbons (Fsp3) is 0.419. The minimum Gasteiger partial charge on any atom is -0.342 e. The minimum absolute atomic E-state index is 0. The van der Waals surface area contributed by atoms with E-state index in [4.69, 9.17) is 9.51 Å². The van der Waals surface area contributed by atoms with Gasteiger partial charge in [0, 0.05) is 28.9 Å². The molecule has 41 heavy (non-hydrogen) atoms. The van der Waals surface area contributed by atoms with Gasteiger partial charge in [-0.2, -0.15) is 10.1 Å². The van der Waals surface area contributed by atoms with Crippen LogP contribution in [0.3, 0.4) is 0 Å². The van der Waals surface area contributed by atoms with E-state index in [2.05, 4.69) is 69.5 Å². The van der Waals surface area contributed by atoms with Gasteiger partial charge in [-0.05, 0) is 62.8 Å². The highest BCUT2D eigenvalue weighted by molar-refractivity contribution is 5.92. The van der Waals surface area contributed by atoms with Crippen molar-refractivity contribution in [1.29, 1.82) is 0 Å². The predicted molar refractivity (Wildman–Crippen MR) is 159 cm³/mol. The van der Waals surface area contributed by atoms with Gasteiger partial charge in [0.05, 0.1) is 23.3 Å². The molecular formula is C31H38N8O2. The van der Waals surface area contributed by atoms with Gasteiger partial charge in [0.15, 0.2) is 5.65 Å². The summed E-state index contributed by atoms with van der Waals surface area (Å²) in [7, 11) is 0. The van der Waals surface area contributed by atoms with Crippen LogP contribution in [-0.2, 0) is 11.8 Å². The zero-order valence-electron chi connectivity index (χ0n) is 23.7. The van der Waals surface area contributed by atoms with E-state index < -0.39 is 0 Å². The normalized spacial score (nSPS) is 15.1. The highest BCUT2D eigenvalue weighted by Crippen LogP contribution is 2.35. The van der Waals surface area contributed by atoms with E-state index in [0.717, 1.165) is 58.6 Å². The number of aryl methyl sites for hydroxylation is 1. The van der Waals surface area contributed by atoms with Crippen molar-refractivity contribution in [2.75, 3.05) is 0 Å². The molecule has 10 nitrogen and oxygen atoms in total. The Morgan fingerprint density at radius 2 is 1.98 bits per heavy atom. The number of aromatic amines is 1. The second kappa shape index (κ2) is 10.6. The number of amides is 1. The van der Waals surface area contributed by atoms with E-state index in [9.17, 15) is 4.79 Å². The van der Waals surface area contributed by atoms with Gasteiger partial charge in [0.1, 0.15) is 5.82 Å². The molecule has 1 aliphatic carbocycles. The van der Waals surface area contributed by atoms with Gasteiger partial charge in [0.2, 0.25) is 5.89 Å². The predicted octanol–water partition coefficient (Wildman–Crippen LogP) is 6.50. The minimum atomic E-state index is -0.321. The van der Waals surface area contributed by atoms with Crippen molar-refractivity contribution < 1.29 is 9.32 Å². The second-order valence-electron chi connectivity index (χ2n) is 11.8. The number of aromatic nitrogens is 7. The molecule has 1 atom stereocenters. The Morgan fingerprint density at radius 3 is 2.68 bits per heavy atom. The summed E-state index contributed by atoms with van der Waals surface area (Å²) in [6, 6.07) is 8.61. The molecule has 0 saturated heterocycles. The first-order chi connectivity index (χ1) is 19.1. The Hall–Kier alpha value is -4.34. The zero-order valence-corrected chi connectivity index (χ0v) is 23.7. The molecule has 10 heteroatoms. The summed E-state index contributed by atoms with van der Waals surface area (Å²) >= 11 is 0. The molecule has 6 rings (SSSR count). The second-order valence-corrected chi connectivity index (χ2v) is 11.8. The third-order valence-electron chi connectivity index (χ3n) is 7.53. The van der Waals surface area contributed by atoms with Gasteiger partial charge in [-0.3, -0.25) is 9.48 Å². The Balaban J connectivity index is 0.00000337. The Morgan fingerprint density at radius 1 is 1.17 bits per heavy atom. The van der Waals surface area contributed by atoms with Gasteiger partial charge >= 0.3 is 0 Å². The van der Waals surface area contributed by atoms with E-state index in [1.165, 1.54) is 5.56 Å². The summed E-state index contributed by atoms with van der Waals surface area (Å²) in [5.41, 5.74) is 7.73. The van der Waals surface area contributed by atoms with Crippen LogP contribution in [-0.4, -0.2) is 40.8 Å². The molecule has 5 aromatic rings.